The van der Waals surface area contributed by atoms with Gasteiger partial charge in [-0.05, 0) is 42.8 Å². The van der Waals surface area contributed by atoms with Gasteiger partial charge in [0.05, 0.1) is 6.42 Å². The van der Waals surface area contributed by atoms with E-state index in [1.807, 2.05) is 61.3 Å². The zero-order valence-electron chi connectivity index (χ0n) is 15.7. The van der Waals surface area contributed by atoms with Crippen molar-refractivity contribution in [1.82, 2.24) is 5.32 Å². The number of hydrogen-bond acceptors (Lipinski definition) is 3. The van der Waals surface area contributed by atoms with E-state index in [4.69, 9.17) is 0 Å². The third-order valence-corrected chi connectivity index (χ3v) is 4.72. The number of carbonyl (C=O) groups is 2. The first kappa shape index (κ1) is 20.9. The second-order valence-electron chi connectivity index (χ2n) is 6.75. The third kappa shape index (κ3) is 5.08. The topological polar surface area (TPSA) is 61.4 Å². The smallest absolute Gasteiger partial charge is 0.231 e. The van der Waals surface area contributed by atoms with Crippen molar-refractivity contribution in [3.05, 3.63) is 59.7 Å². The van der Waals surface area contributed by atoms with Crippen LogP contribution in [-0.2, 0) is 22.4 Å². The van der Waals surface area contributed by atoms with Gasteiger partial charge in [0.1, 0.15) is 0 Å². The van der Waals surface area contributed by atoms with Gasteiger partial charge >= 0.3 is 0 Å². The minimum atomic E-state index is -0.100. The number of halogens is 1. The van der Waals surface area contributed by atoms with E-state index in [1.54, 1.807) is 0 Å². The fourth-order valence-electron chi connectivity index (χ4n) is 3.24. The van der Waals surface area contributed by atoms with Crippen molar-refractivity contribution in [3.63, 3.8) is 0 Å². The van der Waals surface area contributed by atoms with Crippen molar-refractivity contribution in [2.45, 2.75) is 19.8 Å². The maximum Gasteiger partial charge on any atom is 0.231 e. The van der Waals surface area contributed by atoms with Crippen LogP contribution in [-0.4, -0.2) is 32.0 Å². The molecule has 0 fully saturated rings. The van der Waals surface area contributed by atoms with Gasteiger partial charge in [0.2, 0.25) is 11.8 Å². The van der Waals surface area contributed by atoms with Crippen LogP contribution in [0.3, 0.4) is 0 Å². The van der Waals surface area contributed by atoms with Gasteiger partial charge in [-0.1, -0.05) is 37.3 Å². The predicted molar refractivity (Wildman–Crippen MR) is 112 cm³/mol. The Labute approximate surface area is 166 Å². The van der Waals surface area contributed by atoms with Gasteiger partial charge in [0, 0.05) is 30.4 Å². The average molecular weight is 388 g/mol. The van der Waals surface area contributed by atoms with E-state index in [0.717, 1.165) is 29.9 Å². The Morgan fingerprint density at radius 3 is 2.52 bits per heavy atom. The Morgan fingerprint density at radius 2 is 1.81 bits per heavy atom. The second-order valence-corrected chi connectivity index (χ2v) is 6.75. The van der Waals surface area contributed by atoms with Crippen LogP contribution in [0.25, 0.3) is 0 Å². The standard InChI is InChI=1S/C21H25N3O2.ClH/c1-15(14-22-2)21(26)23-18-9-7-16(8-10-18)13-20(25)24-12-11-17-5-3-4-6-19(17)24;/h3-10,15,22H,11-14H2,1-2H3,(H,23,26);1H. The molecule has 1 aliphatic rings. The molecule has 1 atom stereocenters. The molecule has 27 heavy (non-hydrogen) atoms. The zero-order valence-corrected chi connectivity index (χ0v) is 16.5. The van der Waals surface area contributed by atoms with Gasteiger partial charge in [0.15, 0.2) is 0 Å². The van der Waals surface area contributed by atoms with Crippen molar-refractivity contribution < 1.29 is 9.59 Å². The molecule has 1 unspecified atom stereocenters. The van der Waals surface area contributed by atoms with Gasteiger partial charge in [-0.2, -0.15) is 0 Å². The first-order valence-corrected chi connectivity index (χ1v) is 9.01. The quantitative estimate of drug-likeness (QED) is 0.800. The van der Waals surface area contributed by atoms with Crippen molar-refractivity contribution in [1.29, 1.82) is 0 Å². The largest absolute Gasteiger partial charge is 0.326 e. The van der Waals surface area contributed by atoms with Crippen LogP contribution >= 0.6 is 12.4 Å². The molecule has 2 aromatic carbocycles. The van der Waals surface area contributed by atoms with Gasteiger partial charge in [-0.25, -0.2) is 0 Å². The normalized spacial score (nSPS) is 13.5. The van der Waals surface area contributed by atoms with Crippen LogP contribution in [0.4, 0.5) is 11.4 Å². The summed E-state index contributed by atoms with van der Waals surface area (Å²) in [5.41, 5.74) is 3.95. The Kier molecular flexibility index (Phi) is 7.39. The monoisotopic (exact) mass is 387 g/mol. The molecule has 2 N–H and O–H groups in total. The number of benzene rings is 2. The van der Waals surface area contributed by atoms with Gasteiger partial charge < -0.3 is 15.5 Å². The van der Waals surface area contributed by atoms with Crippen LogP contribution in [0.5, 0.6) is 0 Å². The lowest BCUT2D eigenvalue weighted by molar-refractivity contribution is -0.119. The summed E-state index contributed by atoms with van der Waals surface area (Å²) in [6, 6.07) is 15.6. The number of para-hydroxylation sites is 1. The molecule has 0 bridgehead atoms. The van der Waals surface area contributed by atoms with Crippen LogP contribution in [0.1, 0.15) is 18.1 Å². The summed E-state index contributed by atoms with van der Waals surface area (Å²) >= 11 is 0. The number of anilines is 2. The summed E-state index contributed by atoms with van der Waals surface area (Å²) in [7, 11) is 1.83. The highest BCUT2D eigenvalue weighted by molar-refractivity contribution is 5.97. The minimum absolute atomic E-state index is 0. The lowest BCUT2D eigenvalue weighted by atomic mass is 10.1. The SMILES string of the molecule is CNCC(C)C(=O)Nc1ccc(CC(=O)N2CCc3ccccc32)cc1.Cl. The number of nitrogens with one attached hydrogen (secondary N) is 2. The number of fused-ring (bicyclic) bond motifs is 1. The van der Waals surface area contributed by atoms with E-state index in [-0.39, 0.29) is 30.1 Å². The lowest BCUT2D eigenvalue weighted by Gasteiger charge is -2.17. The van der Waals surface area contributed by atoms with Crippen LogP contribution in [0.15, 0.2) is 48.5 Å². The fourth-order valence-corrected chi connectivity index (χ4v) is 3.24. The Balaban J connectivity index is 0.00000261. The molecular formula is C21H26ClN3O2. The molecule has 0 aliphatic carbocycles. The highest BCUT2D eigenvalue weighted by Crippen LogP contribution is 2.28. The maximum absolute atomic E-state index is 12.7. The second kappa shape index (κ2) is 9.53. The van der Waals surface area contributed by atoms with E-state index >= 15 is 0 Å². The Hall–Kier alpha value is -2.37. The van der Waals surface area contributed by atoms with Crippen molar-refractivity contribution in [2.24, 2.45) is 5.92 Å². The molecule has 144 valence electrons. The summed E-state index contributed by atoms with van der Waals surface area (Å²) in [6.07, 6.45) is 1.27. The van der Waals surface area contributed by atoms with E-state index in [2.05, 4.69) is 16.7 Å². The summed E-state index contributed by atoms with van der Waals surface area (Å²) in [6.45, 7) is 3.26. The maximum atomic E-state index is 12.7. The van der Waals surface area contributed by atoms with Crippen molar-refractivity contribution >= 4 is 35.6 Å². The predicted octanol–water partition coefficient (Wildman–Crippen LogP) is 3.03. The molecular weight excluding hydrogens is 362 g/mol. The molecule has 2 aromatic rings. The molecule has 1 aliphatic heterocycles. The molecule has 3 rings (SSSR count). The molecule has 2 amide bonds. The summed E-state index contributed by atoms with van der Waals surface area (Å²) < 4.78 is 0. The molecule has 1 heterocycles. The first-order valence-electron chi connectivity index (χ1n) is 9.01. The molecule has 0 saturated carbocycles. The summed E-state index contributed by atoms with van der Waals surface area (Å²) in [5.74, 6) is -0.0114. The van der Waals surface area contributed by atoms with E-state index < -0.39 is 0 Å². The molecule has 0 spiro atoms. The Bertz CT molecular complexity index is 792. The van der Waals surface area contributed by atoms with Crippen molar-refractivity contribution in [2.75, 3.05) is 30.4 Å². The zero-order chi connectivity index (χ0) is 18.5. The number of rotatable bonds is 6. The average Bonchev–Trinajstić information content (AvgIpc) is 3.07. The number of nitrogens with zero attached hydrogens (tertiary/aromatic N) is 1. The highest BCUT2D eigenvalue weighted by Gasteiger charge is 2.23. The fraction of sp³-hybridized carbons (Fsp3) is 0.333. The van der Waals surface area contributed by atoms with E-state index in [9.17, 15) is 9.59 Å². The van der Waals surface area contributed by atoms with E-state index in [1.165, 1.54) is 5.56 Å². The Morgan fingerprint density at radius 1 is 1.11 bits per heavy atom. The number of hydrogen-bond donors (Lipinski definition) is 2. The third-order valence-electron chi connectivity index (χ3n) is 4.72. The number of amides is 2. The molecule has 0 radical (unpaired) electrons. The highest BCUT2D eigenvalue weighted by atomic mass is 35.5. The van der Waals surface area contributed by atoms with E-state index in [0.29, 0.717) is 13.0 Å². The lowest BCUT2D eigenvalue weighted by Crippen LogP contribution is -2.30. The molecule has 0 aromatic heterocycles. The molecule has 5 nitrogen and oxygen atoms in total. The number of carbonyl (C=O) groups excluding carboxylic acids is 2. The van der Waals surface area contributed by atoms with Gasteiger partial charge in [-0.15, -0.1) is 12.4 Å². The first-order chi connectivity index (χ1) is 12.6. The molecule has 6 heteroatoms. The summed E-state index contributed by atoms with van der Waals surface area (Å²) in [5, 5.41) is 5.90. The van der Waals surface area contributed by atoms with Gasteiger partial charge in [0.25, 0.3) is 0 Å². The molecule has 0 saturated heterocycles. The van der Waals surface area contributed by atoms with Crippen molar-refractivity contribution in [3.8, 4) is 0 Å². The van der Waals surface area contributed by atoms with Crippen LogP contribution < -0.4 is 15.5 Å². The van der Waals surface area contributed by atoms with Gasteiger partial charge in [-0.3, -0.25) is 9.59 Å². The summed E-state index contributed by atoms with van der Waals surface area (Å²) in [4.78, 5) is 26.6. The van der Waals surface area contributed by atoms with Crippen LogP contribution in [0, 0.1) is 5.92 Å². The minimum Gasteiger partial charge on any atom is -0.326 e. The van der Waals surface area contributed by atoms with Crippen LogP contribution in [0.2, 0.25) is 0 Å².